The standard InChI is InChI=1S/C23H35ClN4O4S/c1-18-8-15-27(16-9-18)12-3-10-25-23(30)20-17-19(6-7-21(20)24)33(31,32)26-11-4-14-28-13-2-5-22(28)29/h6-7,17-18,26H,2-5,8-16H2,1H3,(H,25,30). The number of halogens is 1. The predicted molar refractivity (Wildman–Crippen MR) is 129 cm³/mol. The molecule has 0 aromatic heterocycles. The first-order valence-corrected chi connectivity index (χ1v) is 13.7. The van der Waals surface area contributed by atoms with Crippen LogP contribution < -0.4 is 10.0 Å². The number of nitrogens with one attached hydrogen (secondary N) is 2. The largest absolute Gasteiger partial charge is 0.352 e. The minimum Gasteiger partial charge on any atom is -0.352 e. The minimum atomic E-state index is -3.79. The number of sulfonamides is 1. The summed E-state index contributed by atoms with van der Waals surface area (Å²) in [6.07, 6.45) is 5.22. The number of hydrogen-bond donors (Lipinski definition) is 2. The summed E-state index contributed by atoms with van der Waals surface area (Å²) in [6, 6.07) is 4.14. The number of carbonyl (C=O) groups is 2. The van der Waals surface area contributed by atoms with E-state index in [1.807, 2.05) is 0 Å². The van der Waals surface area contributed by atoms with E-state index in [1.165, 1.54) is 31.0 Å². The van der Waals surface area contributed by atoms with Crippen LogP contribution in [0.5, 0.6) is 0 Å². The Balaban J connectivity index is 1.46. The number of hydrogen-bond acceptors (Lipinski definition) is 5. The molecule has 0 unspecified atom stereocenters. The maximum atomic E-state index is 12.7. The van der Waals surface area contributed by atoms with E-state index in [9.17, 15) is 18.0 Å². The fraction of sp³-hybridized carbons (Fsp3) is 0.652. The van der Waals surface area contributed by atoms with E-state index >= 15 is 0 Å². The van der Waals surface area contributed by atoms with E-state index in [1.54, 1.807) is 4.90 Å². The van der Waals surface area contributed by atoms with Crippen LogP contribution in [-0.4, -0.2) is 75.8 Å². The zero-order valence-electron chi connectivity index (χ0n) is 19.3. The summed E-state index contributed by atoms with van der Waals surface area (Å²) in [5.41, 5.74) is 0.147. The van der Waals surface area contributed by atoms with Gasteiger partial charge < -0.3 is 15.1 Å². The van der Waals surface area contributed by atoms with Gasteiger partial charge >= 0.3 is 0 Å². The summed E-state index contributed by atoms with van der Waals surface area (Å²) in [7, 11) is -3.79. The fourth-order valence-electron chi connectivity index (χ4n) is 4.23. The molecule has 2 aliphatic heterocycles. The smallest absolute Gasteiger partial charge is 0.252 e. The van der Waals surface area contributed by atoms with Gasteiger partial charge in [-0.05, 0) is 75.9 Å². The lowest BCUT2D eigenvalue weighted by Gasteiger charge is -2.30. The van der Waals surface area contributed by atoms with Crippen molar-refractivity contribution >= 4 is 33.4 Å². The van der Waals surface area contributed by atoms with Gasteiger partial charge in [-0.2, -0.15) is 0 Å². The van der Waals surface area contributed by atoms with Gasteiger partial charge in [0.25, 0.3) is 5.91 Å². The molecule has 2 N–H and O–H groups in total. The molecule has 1 aromatic carbocycles. The number of carbonyl (C=O) groups excluding carboxylic acids is 2. The van der Waals surface area contributed by atoms with Gasteiger partial charge in [-0.1, -0.05) is 18.5 Å². The highest BCUT2D eigenvalue weighted by molar-refractivity contribution is 7.89. The van der Waals surface area contributed by atoms with Crippen LogP contribution in [-0.2, 0) is 14.8 Å². The van der Waals surface area contributed by atoms with Crippen LogP contribution in [0.3, 0.4) is 0 Å². The third kappa shape index (κ3) is 7.67. The Hall–Kier alpha value is -1.68. The molecule has 0 spiro atoms. The second-order valence-electron chi connectivity index (χ2n) is 9.01. The summed E-state index contributed by atoms with van der Waals surface area (Å²) in [5, 5.41) is 3.06. The second kappa shape index (κ2) is 12.1. The predicted octanol–water partition coefficient (Wildman–Crippen LogP) is 2.48. The Morgan fingerprint density at radius 1 is 1.12 bits per heavy atom. The van der Waals surface area contributed by atoms with Crippen LogP contribution in [0.25, 0.3) is 0 Å². The van der Waals surface area contributed by atoms with Crippen LogP contribution >= 0.6 is 11.6 Å². The highest BCUT2D eigenvalue weighted by Gasteiger charge is 2.21. The quantitative estimate of drug-likeness (QED) is 0.457. The molecule has 184 valence electrons. The first-order valence-electron chi connectivity index (χ1n) is 11.8. The van der Waals surface area contributed by atoms with Crippen molar-refractivity contribution in [2.24, 2.45) is 5.92 Å². The highest BCUT2D eigenvalue weighted by atomic mass is 35.5. The molecule has 10 heteroatoms. The molecule has 3 rings (SSSR count). The first-order chi connectivity index (χ1) is 15.8. The summed E-state index contributed by atoms with van der Waals surface area (Å²) >= 11 is 6.18. The van der Waals surface area contributed by atoms with Gasteiger partial charge in [0, 0.05) is 32.6 Å². The number of rotatable bonds is 11. The molecule has 0 radical (unpaired) electrons. The van der Waals surface area contributed by atoms with Crippen LogP contribution in [0.1, 0.15) is 55.8 Å². The molecule has 0 aliphatic carbocycles. The van der Waals surface area contributed by atoms with Crippen LogP contribution in [0.15, 0.2) is 23.1 Å². The number of nitrogens with zero attached hydrogens (tertiary/aromatic N) is 2. The van der Waals surface area contributed by atoms with Gasteiger partial charge in [0.05, 0.1) is 15.5 Å². The molecule has 33 heavy (non-hydrogen) atoms. The molecule has 2 heterocycles. The molecule has 2 saturated heterocycles. The van der Waals surface area contributed by atoms with Crippen molar-refractivity contribution in [3.63, 3.8) is 0 Å². The maximum absolute atomic E-state index is 12.7. The summed E-state index contributed by atoms with van der Waals surface area (Å²) < 4.78 is 27.9. The van der Waals surface area contributed by atoms with Crippen LogP contribution in [0.4, 0.5) is 0 Å². The lowest BCUT2D eigenvalue weighted by molar-refractivity contribution is -0.127. The molecule has 2 fully saturated rings. The molecular weight excluding hydrogens is 464 g/mol. The van der Waals surface area contributed by atoms with Gasteiger partial charge in [-0.3, -0.25) is 9.59 Å². The summed E-state index contributed by atoms with van der Waals surface area (Å²) in [6.45, 7) is 7.40. The van der Waals surface area contributed by atoms with E-state index in [-0.39, 0.29) is 33.8 Å². The van der Waals surface area contributed by atoms with E-state index in [2.05, 4.69) is 21.9 Å². The third-order valence-corrected chi connectivity index (χ3v) is 8.16. The van der Waals surface area contributed by atoms with E-state index < -0.39 is 10.0 Å². The first kappa shape index (κ1) is 25.9. The molecule has 0 bridgehead atoms. The van der Waals surface area contributed by atoms with Crippen LogP contribution in [0.2, 0.25) is 5.02 Å². The van der Waals surface area contributed by atoms with E-state index in [0.29, 0.717) is 25.9 Å². The second-order valence-corrected chi connectivity index (χ2v) is 11.2. The third-order valence-electron chi connectivity index (χ3n) is 6.37. The summed E-state index contributed by atoms with van der Waals surface area (Å²) in [4.78, 5) is 28.4. The zero-order chi connectivity index (χ0) is 23.8. The monoisotopic (exact) mass is 498 g/mol. The topological polar surface area (TPSA) is 98.8 Å². The lowest BCUT2D eigenvalue weighted by atomic mass is 9.99. The SMILES string of the molecule is CC1CCN(CCCNC(=O)c2cc(S(=O)(=O)NCCCN3CCCC3=O)ccc2Cl)CC1. The van der Waals surface area contributed by atoms with Crippen molar-refractivity contribution < 1.29 is 18.0 Å². The normalized spacial score (nSPS) is 18.1. The molecule has 0 saturated carbocycles. The Morgan fingerprint density at radius 2 is 1.85 bits per heavy atom. The minimum absolute atomic E-state index is 0.00302. The highest BCUT2D eigenvalue weighted by Crippen LogP contribution is 2.21. The Labute approximate surface area is 202 Å². The maximum Gasteiger partial charge on any atom is 0.252 e. The number of likely N-dealkylation sites (tertiary alicyclic amines) is 2. The lowest BCUT2D eigenvalue weighted by Crippen LogP contribution is -2.35. The van der Waals surface area contributed by atoms with Gasteiger partial charge in [0.1, 0.15) is 0 Å². The molecule has 2 amide bonds. The Bertz CT molecular complexity index is 932. The van der Waals surface area contributed by atoms with Crippen molar-refractivity contribution in [2.75, 3.05) is 45.8 Å². The summed E-state index contributed by atoms with van der Waals surface area (Å²) in [5.74, 6) is 0.531. The van der Waals surface area contributed by atoms with Crippen molar-refractivity contribution in [2.45, 2.75) is 50.3 Å². The van der Waals surface area contributed by atoms with Gasteiger partial charge in [0.2, 0.25) is 15.9 Å². The Morgan fingerprint density at radius 3 is 2.55 bits per heavy atom. The van der Waals surface area contributed by atoms with E-state index in [0.717, 1.165) is 44.9 Å². The number of amides is 2. The fourth-order valence-corrected chi connectivity index (χ4v) is 5.53. The van der Waals surface area contributed by atoms with Gasteiger partial charge in [-0.25, -0.2) is 13.1 Å². The molecule has 2 aliphatic rings. The van der Waals surface area contributed by atoms with Gasteiger partial charge in [0.15, 0.2) is 0 Å². The number of benzene rings is 1. The molecule has 1 aromatic rings. The Kier molecular flexibility index (Phi) is 9.55. The van der Waals surface area contributed by atoms with E-state index in [4.69, 9.17) is 11.6 Å². The molecule has 8 nitrogen and oxygen atoms in total. The van der Waals surface area contributed by atoms with Gasteiger partial charge in [-0.15, -0.1) is 0 Å². The van der Waals surface area contributed by atoms with Crippen molar-refractivity contribution in [3.05, 3.63) is 28.8 Å². The van der Waals surface area contributed by atoms with Crippen LogP contribution in [0, 0.1) is 5.92 Å². The number of piperidine rings is 1. The molecule has 0 atom stereocenters. The zero-order valence-corrected chi connectivity index (χ0v) is 20.9. The van der Waals surface area contributed by atoms with Crippen molar-refractivity contribution in [3.8, 4) is 0 Å². The average molecular weight is 499 g/mol. The average Bonchev–Trinajstić information content (AvgIpc) is 3.20. The van der Waals surface area contributed by atoms with Crippen molar-refractivity contribution in [1.82, 2.24) is 19.8 Å². The molecular formula is C23H35ClN4O4S. The van der Waals surface area contributed by atoms with Crippen molar-refractivity contribution in [1.29, 1.82) is 0 Å².